The molecule has 15 heteroatoms. The molecule has 52 heavy (non-hydrogen) atoms. The van der Waals surface area contributed by atoms with Crippen LogP contribution in [0.15, 0.2) is 42.5 Å². The summed E-state index contributed by atoms with van der Waals surface area (Å²) in [5.41, 5.74) is -0.755. The van der Waals surface area contributed by atoms with Crippen molar-refractivity contribution in [3.8, 4) is 6.07 Å². The van der Waals surface area contributed by atoms with Crippen LogP contribution in [0.5, 0.6) is 0 Å². The Labute approximate surface area is 302 Å². The van der Waals surface area contributed by atoms with Crippen LogP contribution >= 0.6 is 0 Å². The molecule has 2 aliphatic rings. The summed E-state index contributed by atoms with van der Waals surface area (Å²) >= 11 is 0. The lowest BCUT2D eigenvalue weighted by atomic mass is 10.1. The van der Waals surface area contributed by atoms with Gasteiger partial charge in [-0.15, -0.1) is 0 Å². The van der Waals surface area contributed by atoms with E-state index >= 15 is 0 Å². The molecule has 0 saturated carbocycles. The topological polar surface area (TPSA) is 185 Å². The van der Waals surface area contributed by atoms with Crippen molar-refractivity contribution >= 4 is 47.3 Å². The second-order valence-electron chi connectivity index (χ2n) is 14.4. The molecule has 2 saturated heterocycles. The van der Waals surface area contributed by atoms with Crippen molar-refractivity contribution in [1.82, 2.24) is 9.80 Å². The minimum absolute atomic E-state index is 0.00205. The van der Waals surface area contributed by atoms with Gasteiger partial charge in [-0.3, -0.25) is 19.2 Å². The van der Waals surface area contributed by atoms with Gasteiger partial charge in [0.05, 0.1) is 24.8 Å². The van der Waals surface area contributed by atoms with Crippen molar-refractivity contribution in [3.05, 3.63) is 59.2 Å². The van der Waals surface area contributed by atoms with Gasteiger partial charge in [-0.25, -0.2) is 14.5 Å². The number of hydrogen-bond acceptors (Lipinski definition) is 11. The maximum atomic E-state index is 13.8. The van der Waals surface area contributed by atoms with E-state index in [0.29, 0.717) is 29.2 Å². The molecule has 2 fully saturated rings. The number of esters is 1. The van der Waals surface area contributed by atoms with E-state index in [1.807, 2.05) is 6.07 Å². The summed E-state index contributed by atoms with van der Waals surface area (Å²) in [6, 6.07) is 12.7. The zero-order valence-electron chi connectivity index (χ0n) is 30.5. The Balaban J connectivity index is 1.58. The molecule has 0 spiro atoms. The van der Waals surface area contributed by atoms with E-state index < -0.39 is 59.9 Å². The number of imide groups is 1. The van der Waals surface area contributed by atoms with Crippen molar-refractivity contribution in [2.45, 2.75) is 91.3 Å². The van der Waals surface area contributed by atoms with Gasteiger partial charge in [0.25, 0.3) is 17.7 Å². The van der Waals surface area contributed by atoms with Gasteiger partial charge < -0.3 is 34.1 Å². The van der Waals surface area contributed by atoms with Crippen molar-refractivity contribution in [2.75, 3.05) is 36.5 Å². The molecule has 2 aromatic carbocycles. The van der Waals surface area contributed by atoms with Gasteiger partial charge >= 0.3 is 18.2 Å². The highest BCUT2D eigenvalue weighted by molar-refractivity contribution is 6.05. The minimum atomic E-state index is -1.73. The smallest absolute Gasteiger partial charge is 0.420 e. The van der Waals surface area contributed by atoms with Crippen molar-refractivity contribution in [1.29, 1.82) is 5.26 Å². The number of anilines is 2. The molecular formula is C37H45N5O10. The lowest BCUT2D eigenvalue weighted by Crippen LogP contribution is -2.56. The molecule has 2 aliphatic heterocycles. The van der Waals surface area contributed by atoms with Gasteiger partial charge in [0.15, 0.2) is 6.10 Å². The summed E-state index contributed by atoms with van der Waals surface area (Å²) in [5.74, 6) is -2.57. The van der Waals surface area contributed by atoms with Crippen LogP contribution in [-0.4, -0.2) is 95.3 Å². The van der Waals surface area contributed by atoms with Crippen LogP contribution in [0.3, 0.4) is 0 Å². The highest BCUT2D eigenvalue weighted by Gasteiger charge is 2.43. The van der Waals surface area contributed by atoms with E-state index in [9.17, 15) is 34.0 Å². The van der Waals surface area contributed by atoms with E-state index in [0.717, 1.165) is 19.8 Å². The van der Waals surface area contributed by atoms with Crippen LogP contribution in [0.1, 0.15) is 82.8 Å². The Hall–Kier alpha value is -5.49. The van der Waals surface area contributed by atoms with Gasteiger partial charge in [-0.2, -0.15) is 5.26 Å². The van der Waals surface area contributed by atoms with Crippen LogP contribution in [0, 0.1) is 11.3 Å². The van der Waals surface area contributed by atoms with Crippen molar-refractivity contribution < 1.29 is 47.7 Å². The largest absolute Gasteiger partial charge is 0.449 e. The predicted octanol–water partition coefficient (Wildman–Crippen LogP) is 4.77. The number of carbonyl (C=O) groups is 6. The molecule has 0 bridgehead atoms. The molecule has 0 radical (unpaired) electrons. The number of nitriles is 1. The standard InChI is InChI=1S/C37H45N5O10/c1-23(43)50-29(30-33(46)41(17-18-49-30)28-12-10-11-24(20-28)32(45)40-15-8-9-16-40)31(44)39-27-14-13-25(21-38)26(19-27)22-42(34(47)51-36(2,3)4)35(48)52-37(5,6)7/h10-14,19-20,29-30H,8-9,15-18,22H2,1-7H3,(H,39,44)/t29-,30-/m1/s1. The first kappa shape index (κ1) is 39.3. The average molecular weight is 720 g/mol. The summed E-state index contributed by atoms with van der Waals surface area (Å²) in [6.45, 7) is 11.8. The zero-order valence-corrected chi connectivity index (χ0v) is 30.5. The Kier molecular flexibility index (Phi) is 12.3. The van der Waals surface area contributed by atoms with Gasteiger partial charge in [-0.1, -0.05) is 6.07 Å². The fourth-order valence-corrected chi connectivity index (χ4v) is 5.55. The van der Waals surface area contributed by atoms with Crippen LogP contribution < -0.4 is 10.2 Å². The molecule has 4 rings (SSSR count). The summed E-state index contributed by atoms with van der Waals surface area (Å²) in [6.07, 6.45) is -3.45. The maximum Gasteiger partial charge on any atom is 0.420 e. The molecule has 2 atom stereocenters. The third kappa shape index (κ3) is 10.3. The molecule has 5 amide bonds. The van der Waals surface area contributed by atoms with Crippen molar-refractivity contribution in [2.24, 2.45) is 0 Å². The van der Waals surface area contributed by atoms with E-state index in [1.165, 1.54) is 23.1 Å². The van der Waals surface area contributed by atoms with Crippen molar-refractivity contribution in [3.63, 3.8) is 0 Å². The Morgan fingerprint density at radius 3 is 2.17 bits per heavy atom. The first-order chi connectivity index (χ1) is 24.4. The van der Waals surface area contributed by atoms with E-state index in [1.54, 1.807) is 70.7 Å². The summed E-state index contributed by atoms with van der Waals surface area (Å²) in [7, 11) is 0. The zero-order chi connectivity index (χ0) is 38.4. The molecule has 0 unspecified atom stereocenters. The van der Waals surface area contributed by atoms with Gasteiger partial charge in [0, 0.05) is 43.5 Å². The number of likely N-dealkylation sites (tertiary alicyclic amines) is 1. The molecule has 0 aliphatic carbocycles. The number of carbonyl (C=O) groups excluding carboxylic acids is 6. The number of amides is 5. The first-order valence-corrected chi connectivity index (χ1v) is 16.9. The number of morpholine rings is 1. The lowest BCUT2D eigenvalue weighted by Gasteiger charge is -2.35. The normalized spacial score (nSPS) is 16.7. The van der Waals surface area contributed by atoms with E-state index in [2.05, 4.69) is 5.32 Å². The highest BCUT2D eigenvalue weighted by Crippen LogP contribution is 2.26. The van der Waals surface area contributed by atoms with E-state index in [-0.39, 0.29) is 35.9 Å². The molecule has 15 nitrogen and oxygen atoms in total. The van der Waals surface area contributed by atoms with Gasteiger partial charge in [0.2, 0.25) is 6.10 Å². The molecule has 0 aromatic heterocycles. The molecule has 278 valence electrons. The number of ether oxygens (including phenoxy) is 4. The monoisotopic (exact) mass is 719 g/mol. The van der Waals surface area contributed by atoms with Crippen LogP contribution in [-0.2, 0) is 39.9 Å². The Morgan fingerprint density at radius 1 is 0.962 bits per heavy atom. The third-order valence-corrected chi connectivity index (χ3v) is 7.80. The third-order valence-electron chi connectivity index (χ3n) is 7.80. The van der Waals surface area contributed by atoms with Crippen LogP contribution in [0.25, 0.3) is 0 Å². The number of benzene rings is 2. The minimum Gasteiger partial charge on any atom is -0.449 e. The summed E-state index contributed by atoms with van der Waals surface area (Å²) in [5, 5.41) is 12.4. The lowest BCUT2D eigenvalue weighted by molar-refractivity contribution is -0.167. The van der Waals surface area contributed by atoms with E-state index in [4.69, 9.17) is 18.9 Å². The molecular weight excluding hydrogens is 674 g/mol. The van der Waals surface area contributed by atoms with Crippen LogP contribution in [0.4, 0.5) is 21.0 Å². The summed E-state index contributed by atoms with van der Waals surface area (Å²) in [4.78, 5) is 82.9. The number of nitrogens with one attached hydrogen (secondary N) is 1. The van der Waals surface area contributed by atoms with Crippen LogP contribution in [0.2, 0.25) is 0 Å². The fourth-order valence-electron chi connectivity index (χ4n) is 5.55. The highest BCUT2D eigenvalue weighted by atomic mass is 16.6. The SMILES string of the molecule is CC(=O)O[C@@H](C(=O)Nc1ccc(C#N)c(CN(C(=O)OC(C)(C)C)C(=O)OC(C)(C)C)c1)[C@H]1OCCN(c2cccc(C(=O)N3CCCC3)c2)C1=O. The maximum absolute atomic E-state index is 13.8. The van der Waals surface area contributed by atoms with Gasteiger partial charge in [-0.05, 0) is 96.3 Å². The summed E-state index contributed by atoms with van der Waals surface area (Å²) < 4.78 is 21.9. The average Bonchev–Trinajstić information content (AvgIpc) is 3.60. The number of nitrogens with zero attached hydrogens (tertiary/aromatic N) is 4. The Bertz CT molecular complexity index is 1720. The fraction of sp³-hybridized carbons (Fsp3) is 0.486. The quantitative estimate of drug-likeness (QED) is 0.293. The second-order valence-corrected chi connectivity index (χ2v) is 14.4. The molecule has 1 N–H and O–H groups in total. The predicted molar refractivity (Wildman–Crippen MR) is 187 cm³/mol. The number of hydrogen-bond donors (Lipinski definition) is 1. The first-order valence-electron chi connectivity index (χ1n) is 16.9. The second kappa shape index (κ2) is 16.2. The Morgan fingerprint density at radius 2 is 1.60 bits per heavy atom. The molecule has 2 heterocycles. The van der Waals surface area contributed by atoms with Gasteiger partial charge in [0.1, 0.15) is 11.2 Å². The number of rotatable bonds is 8. The molecule has 2 aromatic rings.